The third-order valence-electron chi connectivity index (χ3n) is 8.10. The quantitative estimate of drug-likeness (QED) is 0.0891. The van der Waals surface area contributed by atoms with Crippen molar-refractivity contribution >= 4 is 68.7 Å². The number of carbonyl (C=O) groups is 3. The molecule has 0 unspecified atom stereocenters. The Balaban J connectivity index is 1.15. The lowest BCUT2D eigenvalue weighted by Crippen LogP contribution is -2.30. The van der Waals surface area contributed by atoms with Crippen LogP contribution in [0.5, 0.6) is 11.5 Å². The third-order valence-corrected chi connectivity index (χ3v) is 9.10. The van der Waals surface area contributed by atoms with Crippen LogP contribution in [0.4, 0.5) is 11.4 Å². The SMILES string of the molecule is CCn1c2ccccc2c2cc(NC(=O)CSc3cccc(NC(=O)/C(=C\c4ccc(OC)cc4OC)NC(=O)c4ccccc4)c3)ccc21. The van der Waals surface area contributed by atoms with Gasteiger partial charge in [0.25, 0.3) is 11.8 Å². The summed E-state index contributed by atoms with van der Waals surface area (Å²) >= 11 is 1.35. The summed E-state index contributed by atoms with van der Waals surface area (Å²) in [5, 5.41) is 10.9. The highest BCUT2D eigenvalue weighted by Gasteiger charge is 2.17. The molecule has 3 N–H and O–H groups in total. The Morgan fingerprint density at radius 2 is 1.50 bits per heavy atom. The van der Waals surface area contributed by atoms with Gasteiger partial charge in [-0.25, -0.2) is 0 Å². The Bertz CT molecular complexity index is 2230. The summed E-state index contributed by atoms with van der Waals surface area (Å²) in [5.41, 5.74) is 4.50. The van der Waals surface area contributed by atoms with Gasteiger partial charge in [-0.05, 0) is 79.7 Å². The predicted octanol–water partition coefficient (Wildman–Crippen LogP) is 7.97. The highest BCUT2D eigenvalue weighted by molar-refractivity contribution is 8.00. The van der Waals surface area contributed by atoms with E-state index in [1.54, 1.807) is 73.8 Å². The molecule has 6 aromatic rings. The predicted molar refractivity (Wildman–Crippen MR) is 201 cm³/mol. The number of benzene rings is 5. The van der Waals surface area contributed by atoms with Crippen molar-refractivity contribution in [3.63, 3.8) is 0 Å². The average molecular weight is 685 g/mol. The summed E-state index contributed by atoms with van der Waals surface area (Å²) in [4.78, 5) is 40.6. The largest absolute Gasteiger partial charge is 0.497 e. The summed E-state index contributed by atoms with van der Waals surface area (Å²) in [7, 11) is 3.07. The molecule has 0 spiro atoms. The molecule has 0 aliphatic heterocycles. The molecular weight excluding hydrogens is 649 g/mol. The minimum Gasteiger partial charge on any atom is -0.497 e. The number of hydrogen-bond acceptors (Lipinski definition) is 6. The number of anilines is 2. The lowest BCUT2D eigenvalue weighted by atomic mass is 10.1. The summed E-state index contributed by atoms with van der Waals surface area (Å²) in [6, 6.07) is 35.3. The van der Waals surface area contributed by atoms with Gasteiger partial charge in [0.15, 0.2) is 0 Å². The van der Waals surface area contributed by atoms with E-state index in [2.05, 4.69) is 39.6 Å². The topological polar surface area (TPSA) is 111 Å². The minimum absolute atomic E-state index is 0.0128. The molecule has 0 fully saturated rings. The van der Waals surface area contributed by atoms with Gasteiger partial charge in [0.05, 0.1) is 20.0 Å². The zero-order valence-corrected chi connectivity index (χ0v) is 28.7. The number of ether oxygens (including phenoxy) is 2. The van der Waals surface area contributed by atoms with Gasteiger partial charge in [0, 0.05) is 61.8 Å². The van der Waals surface area contributed by atoms with Gasteiger partial charge in [0.2, 0.25) is 5.91 Å². The number of nitrogens with zero attached hydrogens (tertiary/aromatic N) is 1. The maximum Gasteiger partial charge on any atom is 0.272 e. The highest BCUT2D eigenvalue weighted by atomic mass is 32.2. The molecule has 252 valence electrons. The zero-order chi connectivity index (χ0) is 35.0. The first-order valence-electron chi connectivity index (χ1n) is 16.0. The van der Waals surface area contributed by atoms with Gasteiger partial charge in [-0.3, -0.25) is 14.4 Å². The molecule has 0 aliphatic rings. The molecule has 10 heteroatoms. The number of thioether (sulfide) groups is 1. The molecular formula is C40H36N4O5S. The third kappa shape index (κ3) is 7.66. The van der Waals surface area contributed by atoms with Crippen LogP contribution in [0.25, 0.3) is 27.9 Å². The standard InChI is InChI=1S/C40H36N4O5S/c1-4-44-35-16-9-8-15-32(35)33-23-29(18-20-36(33)44)41-38(45)25-50-31-14-10-13-28(22-31)42-40(47)34(43-39(46)26-11-6-5-7-12-26)21-27-17-19-30(48-2)24-37(27)49-3/h5-24H,4,25H2,1-3H3,(H,41,45)(H,42,47)(H,43,46)/b34-21+. The van der Waals surface area contributed by atoms with E-state index in [0.29, 0.717) is 28.3 Å². The summed E-state index contributed by atoms with van der Waals surface area (Å²) in [6.07, 6.45) is 1.55. The van der Waals surface area contributed by atoms with E-state index in [1.165, 1.54) is 18.9 Å². The molecule has 1 heterocycles. The van der Waals surface area contributed by atoms with Gasteiger partial charge in [0.1, 0.15) is 17.2 Å². The van der Waals surface area contributed by atoms with E-state index in [-0.39, 0.29) is 17.4 Å². The van der Waals surface area contributed by atoms with Crippen LogP contribution < -0.4 is 25.4 Å². The molecule has 0 radical (unpaired) electrons. The minimum atomic E-state index is -0.535. The highest BCUT2D eigenvalue weighted by Crippen LogP contribution is 2.31. The van der Waals surface area contributed by atoms with Crippen LogP contribution >= 0.6 is 11.8 Å². The average Bonchev–Trinajstić information content (AvgIpc) is 3.47. The van der Waals surface area contributed by atoms with Crippen molar-refractivity contribution in [2.75, 3.05) is 30.6 Å². The Labute approximate surface area is 294 Å². The fourth-order valence-electron chi connectivity index (χ4n) is 5.72. The summed E-state index contributed by atoms with van der Waals surface area (Å²) in [5.74, 6) is 0.0969. The van der Waals surface area contributed by atoms with Crippen molar-refractivity contribution in [2.24, 2.45) is 0 Å². The van der Waals surface area contributed by atoms with Crippen LogP contribution in [0.1, 0.15) is 22.8 Å². The Morgan fingerprint density at radius 3 is 2.28 bits per heavy atom. The zero-order valence-electron chi connectivity index (χ0n) is 27.9. The molecule has 0 bridgehead atoms. The monoisotopic (exact) mass is 684 g/mol. The normalized spacial score (nSPS) is 11.3. The Kier molecular flexibility index (Phi) is 10.5. The van der Waals surface area contributed by atoms with Crippen LogP contribution in [0.2, 0.25) is 0 Å². The van der Waals surface area contributed by atoms with Crippen molar-refractivity contribution in [2.45, 2.75) is 18.4 Å². The van der Waals surface area contributed by atoms with Gasteiger partial charge in [-0.15, -0.1) is 11.8 Å². The van der Waals surface area contributed by atoms with E-state index in [1.807, 2.05) is 42.5 Å². The molecule has 0 saturated heterocycles. The van der Waals surface area contributed by atoms with Gasteiger partial charge in [-0.2, -0.15) is 0 Å². The Morgan fingerprint density at radius 1 is 0.740 bits per heavy atom. The first kappa shape index (κ1) is 33.9. The molecule has 5 aromatic carbocycles. The maximum atomic E-state index is 13.7. The lowest BCUT2D eigenvalue weighted by Gasteiger charge is -2.13. The number of para-hydroxylation sites is 1. The molecule has 0 saturated carbocycles. The molecule has 1 aromatic heterocycles. The maximum absolute atomic E-state index is 13.7. The van der Waals surface area contributed by atoms with Crippen LogP contribution in [-0.2, 0) is 16.1 Å². The number of hydrogen-bond donors (Lipinski definition) is 3. The number of aromatic nitrogens is 1. The molecule has 50 heavy (non-hydrogen) atoms. The van der Waals surface area contributed by atoms with E-state index < -0.39 is 11.8 Å². The molecule has 9 nitrogen and oxygen atoms in total. The van der Waals surface area contributed by atoms with E-state index in [0.717, 1.165) is 38.9 Å². The fraction of sp³-hybridized carbons (Fsp3) is 0.125. The molecule has 0 aliphatic carbocycles. The van der Waals surface area contributed by atoms with Crippen molar-refractivity contribution < 1.29 is 23.9 Å². The first-order chi connectivity index (χ1) is 24.4. The van der Waals surface area contributed by atoms with Crippen molar-refractivity contribution in [3.8, 4) is 11.5 Å². The fourth-order valence-corrected chi connectivity index (χ4v) is 6.47. The Hall–Kier alpha value is -6.00. The number of carbonyl (C=O) groups excluding carboxylic acids is 3. The summed E-state index contributed by atoms with van der Waals surface area (Å²) in [6.45, 7) is 2.97. The second-order valence-corrected chi connectivity index (χ2v) is 12.3. The number of rotatable bonds is 12. The van der Waals surface area contributed by atoms with Crippen molar-refractivity contribution in [1.29, 1.82) is 0 Å². The number of fused-ring (bicyclic) bond motifs is 3. The number of methoxy groups -OCH3 is 2. The van der Waals surface area contributed by atoms with Crippen LogP contribution in [0, 0.1) is 0 Å². The second-order valence-electron chi connectivity index (χ2n) is 11.3. The van der Waals surface area contributed by atoms with Crippen molar-refractivity contribution in [1.82, 2.24) is 9.88 Å². The van der Waals surface area contributed by atoms with E-state index in [9.17, 15) is 14.4 Å². The van der Waals surface area contributed by atoms with Crippen molar-refractivity contribution in [3.05, 3.63) is 132 Å². The lowest BCUT2D eigenvalue weighted by molar-refractivity contribution is -0.114. The number of amides is 3. The van der Waals surface area contributed by atoms with E-state index >= 15 is 0 Å². The number of nitrogens with one attached hydrogen (secondary N) is 3. The van der Waals surface area contributed by atoms with Crippen LogP contribution in [0.3, 0.4) is 0 Å². The molecule has 0 atom stereocenters. The summed E-state index contributed by atoms with van der Waals surface area (Å²) < 4.78 is 13.1. The van der Waals surface area contributed by atoms with Gasteiger partial charge < -0.3 is 30.0 Å². The molecule has 6 rings (SSSR count). The van der Waals surface area contributed by atoms with Crippen LogP contribution in [-0.4, -0.2) is 42.3 Å². The number of aryl methyl sites for hydroxylation is 1. The smallest absolute Gasteiger partial charge is 0.272 e. The van der Waals surface area contributed by atoms with Crippen LogP contribution in [0.15, 0.2) is 126 Å². The van der Waals surface area contributed by atoms with Gasteiger partial charge in [-0.1, -0.05) is 42.5 Å². The first-order valence-corrected chi connectivity index (χ1v) is 17.0. The van der Waals surface area contributed by atoms with E-state index in [4.69, 9.17) is 9.47 Å². The van der Waals surface area contributed by atoms with Gasteiger partial charge >= 0.3 is 0 Å². The molecule has 3 amide bonds. The second kappa shape index (κ2) is 15.5.